The lowest BCUT2D eigenvalue weighted by Gasteiger charge is -2.31. The first-order valence-electron chi connectivity index (χ1n) is 8.93. The van der Waals surface area contributed by atoms with Crippen molar-refractivity contribution >= 4 is 29.9 Å². The first kappa shape index (κ1) is 19.3. The predicted octanol–water partition coefficient (Wildman–Crippen LogP) is 3.93. The highest BCUT2D eigenvalue weighted by molar-refractivity contribution is 14.0. The maximum Gasteiger partial charge on any atom is 0.191 e. The molecule has 1 heterocycles. The van der Waals surface area contributed by atoms with Crippen molar-refractivity contribution in [1.29, 1.82) is 0 Å². The highest BCUT2D eigenvalue weighted by atomic mass is 127. The van der Waals surface area contributed by atoms with Gasteiger partial charge in [0, 0.05) is 24.1 Å². The van der Waals surface area contributed by atoms with Gasteiger partial charge in [0.05, 0.1) is 13.7 Å². The smallest absolute Gasteiger partial charge is 0.191 e. The van der Waals surface area contributed by atoms with Crippen LogP contribution >= 0.6 is 24.0 Å². The lowest BCUT2D eigenvalue weighted by molar-refractivity contribution is 0.334. The number of aliphatic imine (C=N–C) groups is 1. The SMILES string of the molecule is COc1ccccc1C1(CN=C(N)N2CCCCC2)CCCC1.I. The molecule has 2 N–H and O–H groups in total. The summed E-state index contributed by atoms with van der Waals surface area (Å²) in [5.41, 5.74) is 7.67. The molecule has 0 spiro atoms. The molecule has 24 heavy (non-hydrogen) atoms. The molecule has 1 saturated carbocycles. The second-order valence-corrected chi connectivity index (χ2v) is 6.91. The topological polar surface area (TPSA) is 50.9 Å². The van der Waals surface area contributed by atoms with Crippen LogP contribution in [0.4, 0.5) is 0 Å². The van der Waals surface area contributed by atoms with Crippen molar-refractivity contribution < 1.29 is 4.74 Å². The standard InChI is InChI=1S/C19H29N3O.HI/c1-23-17-10-4-3-9-16(17)19(11-5-6-12-19)15-21-18(20)22-13-7-2-8-14-22;/h3-4,9-10H,2,5-8,11-15H2,1H3,(H2,20,21);1H. The van der Waals surface area contributed by atoms with E-state index in [2.05, 4.69) is 23.1 Å². The summed E-state index contributed by atoms with van der Waals surface area (Å²) >= 11 is 0. The predicted molar refractivity (Wildman–Crippen MR) is 110 cm³/mol. The number of halogens is 1. The minimum atomic E-state index is 0. The molecule has 0 radical (unpaired) electrons. The van der Waals surface area contributed by atoms with E-state index < -0.39 is 0 Å². The number of hydrogen-bond donors (Lipinski definition) is 1. The number of guanidine groups is 1. The zero-order chi connectivity index (χ0) is 16.1. The Morgan fingerprint density at radius 2 is 1.79 bits per heavy atom. The van der Waals surface area contributed by atoms with Gasteiger partial charge in [-0.15, -0.1) is 24.0 Å². The van der Waals surface area contributed by atoms with E-state index in [9.17, 15) is 0 Å². The molecule has 0 unspecified atom stereocenters. The molecule has 0 aromatic heterocycles. The Balaban J connectivity index is 0.00000208. The molecule has 1 aliphatic heterocycles. The molecule has 0 atom stereocenters. The summed E-state index contributed by atoms with van der Waals surface area (Å²) in [7, 11) is 1.76. The Hall–Kier alpha value is -0.980. The van der Waals surface area contributed by atoms with Crippen LogP contribution < -0.4 is 10.5 Å². The number of nitrogens with two attached hydrogens (primary N) is 1. The van der Waals surface area contributed by atoms with Crippen LogP contribution in [0.15, 0.2) is 29.3 Å². The van der Waals surface area contributed by atoms with E-state index in [0.29, 0.717) is 0 Å². The van der Waals surface area contributed by atoms with Crippen LogP contribution in [0.25, 0.3) is 0 Å². The quantitative estimate of drug-likeness (QED) is 0.436. The number of benzene rings is 1. The van der Waals surface area contributed by atoms with Gasteiger partial charge in [0.1, 0.15) is 5.75 Å². The number of rotatable bonds is 4. The Bertz CT molecular complexity index is 549. The third-order valence-corrected chi connectivity index (χ3v) is 5.46. The fourth-order valence-corrected chi connectivity index (χ4v) is 4.10. The number of likely N-dealkylation sites (tertiary alicyclic amines) is 1. The van der Waals surface area contributed by atoms with Crippen molar-refractivity contribution in [3.8, 4) is 5.75 Å². The van der Waals surface area contributed by atoms with Gasteiger partial charge in [0.25, 0.3) is 0 Å². The zero-order valence-corrected chi connectivity index (χ0v) is 17.0. The summed E-state index contributed by atoms with van der Waals surface area (Å²) < 4.78 is 5.62. The van der Waals surface area contributed by atoms with Crippen LogP contribution in [0.3, 0.4) is 0 Å². The second-order valence-electron chi connectivity index (χ2n) is 6.91. The number of ether oxygens (including phenoxy) is 1. The van der Waals surface area contributed by atoms with Gasteiger partial charge in [0.2, 0.25) is 0 Å². The van der Waals surface area contributed by atoms with E-state index >= 15 is 0 Å². The molecule has 2 fully saturated rings. The lowest BCUT2D eigenvalue weighted by atomic mass is 9.78. The average molecular weight is 443 g/mol. The van der Waals surface area contributed by atoms with Crippen molar-refractivity contribution in [1.82, 2.24) is 4.90 Å². The van der Waals surface area contributed by atoms with Crippen molar-refractivity contribution in [3.63, 3.8) is 0 Å². The number of methoxy groups -OCH3 is 1. The molecule has 134 valence electrons. The zero-order valence-electron chi connectivity index (χ0n) is 14.7. The summed E-state index contributed by atoms with van der Waals surface area (Å²) in [4.78, 5) is 7.06. The van der Waals surface area contributed by atoms with Crippen LogP contribution in [-0.4, -0.2) is 37.6 Å². The summed E-state index contributed by atoms with van der Waals surface area (Å²) in [6.07, 6.45) is 8.64. The van der Waals surface area contributed by atoms with E-state index in [1.165, 1.54) is 50.5 Å². The van der Waals surface area contributed by atoms with E-state index in [1.54, 1.807) is 7.11 Å². The second kappa shape index (κ2) is 8.92. The molecular formula is C19H30IN3O. The normalized spacial score (nSPS) is 20.5. The van der Waals surface area contributed by atoms with Crippen molar-refractivity contribution in [2.75, 3.05) is 26.7 Å². The highest BCUT2D eigenvalue weighted by Crippen LogP contribution is 2.44. The van der Waals surface area contributed by atoms with E-state index in [-0.39, 0.29) is 29.4 Å². The Labute approximate surface area is 162 Å². The molecule has 1 saturated heterocycles. The number of nitrogens with zero attached hydrogens (tertiary/aromatic N) is 2. The van der Waals surface area contributed by atoms with Gasteiger partial charge < -0.3 is 15.4 Å². The number of piperidine rings is 1. The summed E-state index contributed by atoms with van der Waals surface area (Å²) in [5.74, 6) is 1.71. The Morgan fingerprint density at radius 1 is 1.12 bits per heavy atom. The third kappa shape index (κ3) is 4.16. The molecule has 1 aromatic rings. The molecule has 1 aromatic carbocycles. The number of para-hydroxylation sites is 1. The van der Waals surface area contributed by atoms with Gasteiger partial charge >= 0.3 is 0 Å². The summed E-state index contributed by atoms with van der Waals surface area (Å²) in [6.45, 7) is 2.88. The molecular weight excluding hydrogens is 413 g/mol. The van der Waals surface area contributed by atoms with Crippen LogP contribution in [0.2, 0.25) is 0 Å². The first-order valence-corrected chi connectivity index (χ1v) is 8.93. The molecule has 0 amide bonds. The molecule has 0 bridgehead atoms. The van der Waals surface area contributed by atoms with Gasteiger partial charge in [-0.25, -0.2) is 0 Å². The monoisotopic (exact) mass is 443 g/mol. The third-order valence-electron chi connectivity index (χ3n) is 5.46. The minimum absolute atomic E-state index is 0. The molecule has 3 rings (SSSR count). The van der Waals surface area contributed by atoms with Crippen LogP contribution in [-0.2, 0) is 5.41 Å². The fraction of sp³-hybridized carbons (Fsp3) is 0.632. The maximum atomic E-state index is 6.28. The van der Waals surface area contributed by atoms with Crippen LogP contribution in [0, 0.1) is 0 Å². The molecule has 1 aliphatic carbocycles. The number of hydrogen-bond acceptors (Lipinski definition) is 2. The van der Waals surface area contributed by atoms with Crippen LogP contribution in [0.5, 0.6) is 5.75 Å². The van der Waals surface area contributed by atoms with Crippen molar-refractivity contribution in [3.05, 3.63) is 29.8 Å². The maximum absolute atomic E-state index is 6.28. The van der Waals surface area contributed by atoms with E-state index in [0.717, 1.165) is 31.3 Å². The van der Waals surface area contributed by atoms with Gasteiger partial charge in [0.15, 0.2) is 5.96 Å². The largest absolute Gasteiger partial charge is 0.496 e. The average Bonchev–Trinajstić information content (AvgIpc) is 3.10. The Kier molecular flexibility index (Phi) is 7.19. The molecule has 2 aliphatic rings. The van der Waals surface area contributed by atoms with Gasteiger partial charge in [-0.05, 0) is 38.2 Å². The summed E-state index contributed by atoms with van der Waals surface area (Å²) in [6, 6.07) is 8.41. The van der Waals surface area contributed by atoms with Gasteiger partial charge in [-0.1, -0.05) is 31.0 Å². The van der Waals surface area contributed by atoms with E-state index in [4.69, 9.17) is 15.5 Å². The first-order chi connectivity index (χ1) is 11.2. The van der Waals surface area contributed by atoms with Gasteiger partial charge in [-0.2, -0.15) is 0 Å². The minimum Gasteiger partial charge on any atom is -0.496 e. The van der Waals surface area contributed by atoms with Crippen molar-refractivity contribution in [2.24, 2.45) is 10.7 Å². The summed E-state index contributed by atoms with van der Waals surface area (Å²) in [5, 5.41) is 0. The lowest BCUT2D eigenvalue weighted by Crippen LogP contribution is -2.41. The fourth-order valence-electron chi connectivity index (χ4n) is 4.10. The Morgan fingerprint density at radius 3 is 2.46 bits per heavy atom. The van der Waals surface area contributed by atoms with Crippen LogP contribution in [0.1, 0.15) is 50.5 Å². The van der Waals surface area contributed by atoms with E-state index in [1.807, 2.05) is 6.07 Å². The highest BCUT2D eigenvalue weighted by Gasteiger charge is 2.37. The molecule has 5 heteroatoms. The van der Waals surface area contributed by atoms with Gasteiger partial charge in [-0.3, -0.25) is 4.99 Å². The van der Waals surface area contributed by atoms with Crippen molar-refractivity contribution in [2.45, 2.75) is 50.4 Å². The molecule has 4 nitrogen and oxygen atoms in total.